The van der Waals surface area contributed by atoms with Crippen molar-refractivity contribution in [2.75, 3.05) is 5.32 Å². The molecule has 0 saturated heterocycles. The van der Waals surface area contributed by atoms with Crippen molar-refractivity contribution in [3.05, 3.63) is 29.1 Å². The van der Waals surface area contributed by atoms with Gasteiger partial charge in [-0.3, -0.25) is 10.0 Å². The zero-order valence-corrected chi connectivity index (χ0v) is 11.0. The largest absolute Gasteiger partial charge is 0.373 e. The van der Waals surface area contributed by atoms with Gasteiger partial charge in [-0.1, -0.05) is 13.8 Å². The first kappa shape index (κ1) is 14.4. The lowest BCUT2D eigenvalue weighted by Crippen LogP contribution is -2.41. The molecule has 0 spiro atoms. The molecule has 1 amide bonds. The summed E-state index contributed by atoms with van der Waals surface area (Å²) in [6.07, 6.45) is 0. The van der Waals surface area contributed by atoms with Gasteiger partial charge in [0, 0.05) is 5.69 Å². The van der Waals surface area contributed by atoms with E-state index in [0.29, 0.717) is 16.8 Å². The number of rotatable bonds is 4. The Balaban J connectivity index is 2.98. The predicted molar refractivity (Wildman–Crippen MR) is 68.1 cm³/mol. The van der Waals surface area contributed by atoms with Crippen LogP contribution in [0.2, 0.25) is 0 Å². The molecule has 0 aliphatic heterocycles. The molecule has 100 valence electrons. The average molecular weight is 254 g/mol. The summed E-state index contributed by atoms with van der Waals surface area (Å²) in [7, 11) is 0. The third-order valence-corrected chi connectivity index (χ3v) is 2.82. The minimum atomic E-state index is -0.570. The zero-order valence-electron chi connectivity index (χ0n) is 11.0. The fourth-order valence-electron chi connectivity index (χ4n) is 1.81. The van der Waals surface area contributed by atoms with E-state index in [0.717, 1.165) is 0 Å². The first-order chi connectivity index (χ1) is 8.36. The van der Waals surface area contributed by atoms with Crippen LogP contribution in [0.25, 0.3) is 0 Å². The van der Waals surface area contributed by atoms with E-state index in [2.05, 4.69) is 5.32 Å². The molecule has 0 radical (unpaired) electrons. The Labute approximate surface area is 106 Å². The van der Waals surface area contributed by atoms with Crippen molar-refractivity contribution in [1.82, 2.24) is 5.48 Å². The van der Waals surface area contributed by atoms with E-state index in [1.807, 2.05) is 13.8 Å². The molecule has 18 heavy (non-hydrogen) atoms. The van der Waals surface area contributed by atoms with E-state index in [1.165, 1.54) is 0 Å². The van der Waals surface area contributed by atoms with Gasteiger partial charge in [0.05, 0.1) is 0 Å². The van der Waals surface area contributed by atoms with Gasteiger partial charge in [-0.05, 0) is 43.0 Å². The van der Waals surface area contributed by atoms with Crippen LogP contribution in [0.3, 0.4) is 0 Å². The second-order valence-corrected chi connectivity index (χ2v) is 4.77. The quantitative estimate of drug-likeness (QED) is 0.571. The topological polar surface area (TPSA) is 61.4 Å². The third-order valence-electron chi connectivity index (χ3n) is 2.82. The van der Waals surface area contributed by atoms with Gasteiger partial charge in [-0.15, -0.1) is 0 Å². The normalized spacial score (nSPS) is 12.4. The highest BCUT2D eigenvalue weighted by Crippen LogP contribution is 2.20. The van der Waals surface area contributed by atoms with E-state index >= 15 is 0 Å². The number of nitrogens with one attached hydrogen (secondary N) is 2. The lowest BCUT2D eigenvalue weighted by atomic mass is 10.0. The maximum Gasteiger partial charge on any atom is 0.266 e. The monoisotopic (exact) mass is 254 g/mol. The number of amides is 1. The summed E-state index contributed by atoms with van der Waals surface area (Å²) in [5.74, 6) is -0.763. The molecule has 0 aliphatic rings. The van der Waals surface area contributed by atoms with Gasteiger partial charge in [0.1, 0.15) is 11.9 Å². The van der Waals surface area contributed by atoms with Crippen molar-refractivity contribution in [2.45, 2.75) is 33.7 Å². The van der Waals surface area contributed by atoms with E-state index in [4.69, 9.17) is 5.21 Å². The standard InChI is InChI=1S/C13H19FN2O2/c1-7(2)12(13(17)16-18)15-10-5-8(3)11(14)9(4)6-10/h5-7,12,15,18H,1-4H3,(H,16,17). The van der Waals surface area contributed by atoms with Crippen molar-refractivity contribution < 1.29 is 14.4 Å². The molecular weight excluding hydrogens is 235 g/mol. The van der Waals surface area contributed by atoms with E-state index < -0.39 is 11.9 Å². The molecule has 3 N–H and O–H groups in total. The predicted octanol–water partition coefficient (Wildman–Crippen LogP) is 2.38. The summed E-state index contributed by atoms with van der Waals surface area (Å²) < 4.78 is 13.5. The number of halogens is 1. The molecular formula is C13H19FN2O2. The number of carbonyl (C=O) groups excluding carboxylic acids is 1. The van der Waals surface area contributed by atoms with Crippen LogP contribution < -0.4 is 10.8 Å². The first-order valence-corrected chi connectivity index (χ1v) is 5.84. The minimum absolute atomic E-state index is 0.0113. The first-order valence-electron chi connectivity index (χ1n) is 5.84. The summed E-state index contributed by atoms with van der Waals surface area (Å²) in [5, 5.41) is 11.7. The van der Waals surface area contributed by atoms with Crippen LogP contribution in [0.4, 0.5) is 10.1 Å². The van der Waals surface area contributed by atoms with Gasteiger partial charge in [0.15, 0.2) is 0 Å². The van der Waals surface area contributed by atoms with Crippen molar-refractivity contribution >= 4 is 11.6 Å². The maximum atomic E-state index is 13.5. The van der Waals surface area contributed by atoms with Crippen LogP contribution in [0, 0.1) is 25.6 Å². The number of benzene rings is 1. The fourth-order valence-corrected chi connectivity index (χ4v) is 1.81. The van der Waals surface area contributed by atoms with Gasteiger partial charge in [0.25, 0.3) is 5.91 Å². The van der Waals surface area contributed by atoms with E-state index in [9.17, 15) is 9.18 Å². The van der Waals surface area contributed by atoms with Crippen molar-refractivity contribution in [3.63, 3.8) is 0 Å². The summed E-state index contributed by atoms with van der Waals surface area (Å²) in [6.45, 7) is 7.06. The molecule has 0 aromatic heterocycles. The Kier molecular flexibility index (Phi) is 4.67. The number of carbonyl (C=O) groups is 1. The van der Waals surface area contributed by atoms with Gasteiger partial charge >= 0.3 is 0 Å². The van der Waals surface area contributed by atoms with Gasteiger partial charge in [-0.2, -0.15) is 0 Å². The molecule has 0 saturated carbocycles. The maximum absolute atomic E-state index is 13.5. The summed E-state index contributed by atoms with van der Waals surface area (Å²) >= 11 is 0. The van der Waals surface area contributed by atoms with Crippen LogP contribution in [0.5, 0.6) is 0 Å². The molecule has 0 bridgehead atoms. The number of hydrogen-bond donors (Lipinski definition) is 3. The number of hydroxylamine groups is 1. The third kappa shape index (κ3) is 3.20. The summed E-state index contributed by atoms with van der Waals surface area (Å²) in [4.78, 5) is 11.5. The van der Waals surface area contributed by atoms with Crippen molar-refractivity contribution in [1.29, 1.82) is 0 Å². The second-order valence-electron chi connectivity index (χ2n) is 4.77. The summed E-state index contributed by atoms with van der Waals surface area (Å²) in [5.41, 5.74) is 3.33. The zero-order chi connectivity index (χ0) is 13.9. The Bertz CT molecular complexity index is 424. The Hall–Kier alpha value is -1.62. The molecule has 5 heteroatoms. The van der Waals surface area contributed by atoms with Crippen LogP contribution in [0.1, 0.15) is 25.0 Å². The smallest absolute Gasteiger partial charge is 0.266 e. The fraction of sp³-hybridized carbons (Fsp3) is 0.462. The second kappa shape index (κ2) is 5.82. The lowest BCUT2D eigenvalue weighted by molar-refractivity contribution is -0.130. The van der Waals surface area contributed by atoms with E-state index in [1.54, 1.807) is 31.5 Å². The van der Waals surface area contributed by atoms with Crippen LogP contribution in [-0.2, 0) is 4.79 Å². The van der Waals surface area contributed by atoms with Gasteiger partial charge < -0.3 is 5.32 Å². The van der Waals surface area contributed by atoms with Crippen LogP contribution in [0.15, 0.2) is 12.1 Å². The molecule has 1 aromatic carbocycles. The van der Waals surface area contributed by atoms with E-state index in [-0.39, 0.29) is 11.7 Å². The lowest BCUT2D eigenvalue weighted by Gasteiger charge is -2.22. The average Bonchev–Trinajstić information content (AvgIpc) is 2.31. The molecule has 0 heterocycles. The summed E-state index contributed by atoms with van der Waals surface area (Å²) in [6, 6.07) is 2.71. The molecule has 4 nitrogen and oxygen atoms in total. The molecule has 0 fully saturated rings. The Morgan fingerprint density at radius 2 is 1.78 bits per heavy atom. The Morgan fingerprint density at radius 1 is 1.28 bits per heavy atom. The SMILES string of the molecule is Cc1cc(NC(C(=O)NO)C(C)C)cc(C)c1F. The van der Waals surface area contributed by atoms with Crippen molar-refractivity contribution in [3.8, 4) is 0 Å². The number of hydrogen-bond acceptors (Lipinski definition) is 3. The highest BCUT2D eigenvalue weighted by molar-refractivity contribution is 5.83. The number of anilines is 1. The van der Waals surface area contributed by atoms with Gasteiger partial charge in [-0.25, -0.2) is 9.87 Å². The van der Waals surface area contributed by atoms with Crippen molar-refractivity contribution in [2.24, 2.45) is 5.92 Å². The molecule has 1 unspecified atom stereocenters. The van der Waals surface area contributed by atoms with Crippen LogP contribution in [-0.4, -0.2) is 17.2 Å². The molecule has 0 aliphatic carbocycles. The highest BCUT2D eigenvalue weighted by atomic mass is 19.1. The van der Waals surface area contributed by atoms with Gasteiger partial charge in [0.2, 0.25) is 0 Å². The molecule has 1 aromatic rings. The Morgan fingerprint density at radius 3 is 2.17 bits per heavy atom. The molecule has 1 rings (SSSR count). The number of aryl methyl sites for hydroxylation is 2. The molecule has 1 atom stereocenters. The minimum Gasteiger partial charge on any atom is -0.373 e. The highest BCUT2D eigenvalue weighted by Gasteiger charge is 2.21. The van der Waals surface area contributed by atoms with Crippen LogP contribution >= 0.6 is 0 Å².